The molecular weight excluding hydrogens is 244 g/mol. The van der Waals surface area contributed by atoms with Crippen molar-refractivity contribution >= 4 is 5.91 Å². The van der Waals surface area contributed by atoms with E-state index >= 15 is 0 Å². The molecule has 1 aliphatic rings. The molecule has 0 saturated heterocycles. The van der Waals surface area contributed by atoms with Gasteiger partial charge in [-0.1, -0.05) is 12.1 Å². The highest BCUT2D eigenvalue weighted by Gasteiger charge is 2.13. The first-order valence-electron chi connectivity index (χ1n) is 6.60. The minimum absolute atomic E-state index is 0.00730. The zero-order valence-electron chi connectivity index (χ0n) is 11.2. The van der Waals surface area contributed by atoms with E-state index < -0.39 is 0 Å². The molecule has 1 amide bonds. The summed E-state index contributed by atoms with van der Waals surface area (Å²) in [4.78, 5) is 10.7. The molecule has 0 fully saturated rings. The number of para-hydroxylation sites is 1. The lowest BCUT2D eigenvalue weighted by Crippen LogP contribution is -2.30. The largest absolute Gasteiger partial charge is 0.490 e. The number of carbonyl (C=O) groups excluding carboxylic acids is 1. The lowest BCUT2D eigenvalue weighted by molar-refractivity contribution is -0.118. The van der Waals surface area contributed by atoms with Gasteiger partial charge in [-0.3, -0.25) is 4.79 Å². The number of hydrogen-bond acceptors (Lipinski definition) is 4. The number of amides is 1. The van der Waals surface area contributed by atoms with Gasteiger partial charge in [-0.05, 0) is 6.07 Å². The van der Waals surface area contributed by atoms with Crippen LogP contribution in [0.15, 0.2) is 18.2 Å². The Labute approximate surface area is 113 Å². The third-order valence-corrected chi connectivity index (χ3v) is 2.84. The number of fused-ring (bicyclic) bond motifs is 1. The standard InChI is InChI=1S/C14H20N2O3/c1-11(17)16-7-6-15-10-12-4-2-5-13-14(12)19-9-3-8-18-13/h2,4-5,15H,3,6-10H2,1H3,(H,16,17). The second-order valence-corrected chi connectivity index (χ2v) is 4.45. The van der Waals surface area contributed by atoms with E-state index in [0.717, 1.165) is 30.0 Å². The average Bonchev–Trinajstić information content (AvgIpc) is 2.63. The molecular formula is C14H20N2O3. The molecule has 0 spiro atoms. The van der Waals surface area contributed by atoms with Crippen molar-refractivity contribution in [3.63, 3.8) is 0 Å². The van der Waals surface area contributed by atoms with Crippen molar-refractivity contribution in [3.05, 3.63) is 23.8 Å². The van der Waals surface area contributed by atoms with Crippen LogP contribution < -0.4 is 20.1 Å². The van der Waals surface area contributed by atoms with Crippen molar-refractivity contribution in [2.75, 3.05) is 26.3 Å². The van der Waals surface area contributed by atoms with Crippen molar-refractivity contribution in [1.82, 2.24) is 10.6 Å². The highest BCUT2D eigenvalue weighted by molar-refractivity contribution is 5.72. The molecule has 104 valence electrons. The van der Waals surface area contributed by atoms with Crippen molar-refractivity contribution < 1.29 is 14.3 Å². The molecule has 0 radical (unpaired) electrons. The second kappa shape index (κ2) is 6.99. The van der Waals surface area contributed by atoms with Crippen LogP contribution in [0.1, 0.15) is 18.9 Å². The van der Waals surface area contributed by atoms with Gasteiger partial charge in [-0.15, -0.1) is 0 Å². The van der Waals surface area contributed by atoms with E-state index in [9.17, 15) is 4.79 Å². The minimum atomic E-state index is -0.00730. The Morgan fingerprint density at radius 3 is 2.95 bits per heavy atom. The monoisotopic (exact) mass is 264 g/mol. The third-order valence-electron chi connectivity index (χ3n) is 2.84. The van der Waals surface area contributed by atoms with Crippen molar-refractivity contribution in [2.24, 2.45) is 0 Å². The molecule has 1 aromatic rings. The smallest absolute Gasteiger partial charge is 0.216 e. The first-order chi connectivity index (χ1) is 9.27. The maximum absolute atomic E-state index is 10.7. The van der Waals surface area contributed by atoms with E-state index in [2.05, 4.69) is 10.6 Å². The first-order valence-corrected chi connectivity index (χ1v) is 6.60. The third kappa shape index (κ3) is 4.13. The molecule has 0 aromatic heterocycles. The zero-order valence-corrected chi connectivity index (χ0v) is 11.2. The van der Waals surface area contributed by atoms with E-state index in [1.54, 1.807) is 0 Å². The molecule has 5 nitrogen and oxygen atoms in total. The predicted molar refractivity (Wildman–Crippen MR) is 72.4 cm³/mol. The average molecular weight is 264 g/mol. The Kier molecular flexibility index (Phi) is 5.03. The van der Waals surface area contributed by atoms with Crippen LogP contribution in [-0.2, 0) is 11.3 Å². The number of carbonyl (C=O) groups is 1. The first kappa shape index (κ1) is 13.7. The Morgan fingerprint density at radius 2 is 2.11 bits per heavy atom. The molecule has 1 aromatic carbocycles. The van der Waals surface area contributed by atoms with Crippen LogP contribution in [-0.4, -0.2) is 32.2 Å². The summed E-state index contributed by atoms with van der Waals surface area (Å²) in [6.45, 7) is 4.96. The van der Waals surface area contributed by atoms with Crippen LogP contribution in [0.5, 0.6) is 11.5 Å². The van der Waals surface area contributed by atoms with Gasteiger partial charge in [0.15, 0.2) is 11.5 Å². The molecule has 0 unspecified atom stereocenters. The minimum Gasteiger partial charge on any atom is -0.490 e. The van der Waals surface area contributed by atoms with Gasteiger partial charge in [-0.25, -0.2) is 0 Å². The Hall–Kier alpha value is -1.75. The maximum Gasteiger partial charge on any atom is 0.216 e. The summed E-state index contributed by atoms with van der Waals surface area (Å²) in [5, 5.41) is 6.02. The van der Waals surface area contributed by atoms with E-state index in [4.69, 9.17) is 9.47 Å². The van der Waals surface area contributed by atoms with E-state index in [0.29, 0.717) is 26.3 Å². The number of nitrogens with one attached hydrogen (secondary N) is 2. The molecule has 1 aliphatic heterocycles. The second-order valence-electron chi connectivity index (χ2n) is 4.45. The van der Waals surface area contributed by atoms with Gasteiger partial charge in [-0.2, -0.15) is 0 Å². The van der Waals surface area contributed by atoms with Crippen molar-refractivity contribution in [2.45, 2.75) is 19.9 Å². The van der Waals surface area contributed by atoms with Crippen LogP contribution in [0, 0.1) is 0 Å². The molecule has 1 heterocycles. The van der Waals surface area contributed by atoms with Crippen molar-refractivity contribution in [1.29, 1.82) is 0 Å². The van der Waals surface area contributed by atoms with Gasteiger partial charge in [0, 0.05) is 38.5 Å². The summed E-state index contributed by atoms with van der Waals surface area (Å²) >= 11 is 0. The zero-order chi connectivity index (χ0) is 13.5. The van der Waals surface area contributed by atoms with Gasteiger partial charge in [0.05, 0.1) is 13.2 Å². The van der Waals surface area contributed by atoms with Gasteiger partial charge in [0.1, 0.15) is 0 Å². The lowest BCUT2D eigenvalue weighted by atomic mass is 10.2. The molecule has 0 bridgehead atoms. The fraction of sp³-hybridized carbons (Fsp3) is 0.500. The van der Waals surface area contributed by atoms with Gasteiger partial charge in [0.2, 0.25) is 5.91 Å². The van der Waals surface area contributed by atoms with Crippen LogP contribution >= 0.6 is 0 Å². The van der Waals surface area contributed by atoms with Crippen LogP contribution in [0.4, 0.5) is 0 Å². The summed E-state index contributed by atoms with van der Waals surface area (Å²) < 4.78 is 11.4. The number of rotatable bonds is 5. The van der Waals surface area contributed by atoms with E-state index in [-0.39, 0.29) is 5.91 Å². The van der Waals surface area contributed by atoms with Gasteiger partial charge < -0.3 is 20.1 Å². The molecule has 0 aliphatic carbocycles. The summed E-state index contributed by atoms with van der Waals surface area (Å²) in [5.41, 5.74) is 1.09. The van der Waals surface area contributed by atoms with Gasteiger partial charge >= 0.3 is 0 Å². The maximum atomic E-state index is 10.7. The fourth-order valence-corrected chi connectivity index (χ4v) is 1.94. The van der Waals surface area contributed by atoms with E-state index in [1.165, 1.54) is 6.92 Å². The highest BCUT2D eigenvalue weighted by Crippen LogP contribution is 2.32. The predicted octanol–water partition coefficient (Wildman–Crippen LogP) is 1.07. The van der Waals surface area contributed by atoms with Crippen molar-refractivity contribution in [3.8, 4) is 11.5 Å². The molecule has 0 saturated carbocycles. The van der Waals surface area contributed by atoms with E-state index in [1.807, 2.05) is 18.2 Å². The summed E-state index contributed by atoms with van der Waals surface area (Å²) in [7, 11) is 0. The molecule has 0 atom stereocenters. The van der Waals surface area contributed by atoms with Crippen LogP contribution in [0.3, 0.4) is 0 Å². The quantitative estimate of drug-likeness (QED) is 0.781. The Bertz CT molecular complexity index is 435. The molecule has 5 heteroatoms. The molecule has 2 N–H and O–H groups in total. The van der Waals surface area contributed by atoms with Crippen LogP contribution in [0.2, 0.25) is 0 Å². The van der Waals surface area contributed by atoms with Crippen LogP contribution in [0.25, 0.3) is 0 Å². The topological polar surface area (TPSA) is 59.6 Å². The normalized spacial score (nSPS) is 13.7. The number of benzene rings is 1. The summed E-state index contributed by atoms with van der Waals surface area (Å²) in [6, 6.07) is 5.93. The number of ether oxygens (including phenoxy) is 2. The molecule has 2 rings (SSSR count). The lowest BCUT2D eigenvalue weighted by Gasteiger charge is -2.13. The summed E-state index contributed by atoms with van der Waals surface area (Å²) in [6.07, 6.45) is 0.907. The fourth-order valence-electron chi connectivity index (χ4n) is 1.94. The van der Waals surface area contributed by atoms with Gasteiger partial charge in [0.25, 0.3) is 0 Å². The SMILES string of the molecule is CC(=O)NCCNCc1cccc2c1OCCCO2. The summed E-state index contributed by atoms with van der Waals surface area (Å²) in [5.74, 6) is 1.65. The Morgan fingerprint density at radius 1 is 1.26 bits per heavy atom. The number of hydrogen-bond donors (Lipinski definition) is 2. The molecule has 19 heavy (non-hydrogen) atoms. The highest BCUT2D eigenvalue weighted by atomic mass is 16.5. The Balaban J connectivity index is 1.88.